The number of hydrogen-bond donors (Lipinski definition) is 2. The topological polar surface area (TPSA) is 84.2 Å². The molecule has 7 nitrogen and oxygen atoms in total. The van der Waals surface area contributed by atoms with Gasteiger partial charge in [-0.2, -0.15) is 0 Å². The van der Waals surface area contributed by atoms with Crippen molar-refractivity contribution in [1.82, 2.24) is 19.6 Å². The number of nitrogens with zero attached hydrogens (tertiary/aromatic N) is 4. The minimum atomic E-state index is -0.0815. The van der Waals surface area contributed by atoms with Crippen LogP contribution in [0, 0.1) is 6.92 Å². The summed E-state index contributed by atoms with van der Waals surface area (Å²) in [4.78, 5) is 21.7. The number of hydrogen-bond acceptors (Lipinski definition) is 6. The fourth-order valence-corrected chi connectivity index (χ4v) is 3.04. The van der Waals surface area contributed by atoms with Crippen molar-refractivity contribution in [2.75, 3.05) is 17.2 Å². The monoisotopic (exact) mass is 358 g/mol. The third-order valence-electron chi connectivity index (χ3n) is 3.60. The summed E-state index contributed by atoms with van der Waals surface area (Å²) in [6, 6.07) is 5.54. The first-order chi connectivity index (χ1) is 11.8. The zero-order chi connectivity index (χ0) is 18.0. The molecule has 0 saturated carbocycles. The summed E-state index contributed by atoms with van der Waals surface area (Å²) >= 11 is 1.48. The fraction of sp³-hybridized carbons (Fsp3) is 0.412. The van der Waals surface area contributed by atoms with Gasteiger partial charge in [-0.15, -0.1) is 5.10 Å². The lowest BCUT2D eigenvalue weighted by atomic mass is 9.93. The van der Waals surface area contributed by atoms with Crippen LogP contribution in [0.15, 0.2) is 24.4 Å². The highest BCUT2D eigenvalue weighted by Crippen LogP contribution is 2.25. The lowest BCUT2D eigenvalue weighted by Crippen LogP contribution is -2.17. The highest BCUT2D eigenvalue weighted by atomic mass is 32.1. The summed E-state index contributed by atoms with van der Waals surface area (Å²) in [5, 5.41) is 11.2. The van der Waals surface area contributed by atoms with Gasteiger partial charge in [-0.25, -0.2) is 14.5 Å². The molecule has 0 aliphatic carbocycles. The molecule has 0 radical (unpaired) electrons. The largest absolute Gasteiger partial charge is 0.360 e. The number of fused-ring (bicyclic) bond motifs is 1. The summed E-state index contributed by atoms with van der Waals surface area (Å²) in [5.41, 5.74) is 1.89. The molecular formula is C17H22N6OS. The number of pyridine rings is 1. The van der Waals surface area contributed by atoms with Gasteiger partial charge in [0.25, 0.3) is 0 Å². The Labute approximate surface area is 150 Å². The van der Waals surface area contributed by atoms with E-state index in [1.54, 1.807) is 10.6 Å². The Bertz CT molecular complexity index is 861. The highest BCUT2D eigenvalue weighted by Gasteiger charge is 2.19. The van der Waals surface area contributed by atoms with Crippen molar-refractivity contribution in [3.8, 4) is 0 Å². The van der Waals surface area contributed by atoms with Crippen molar-refractivity contribution in [1.29, 1.82) is 0 Å². The van der Waals surface area contributed by atoms with Gasteiger partial charge >= 0.3 is 0 Å². The van der Waals surface area contributed by atoms with E-state index in [0.717, 1.165) is 21.5 Å². The van der Waals surface area contributed by atoms with Crippen LogP contribution in [-0.4, -0.2) is 32.0 Å². The molecule has 0 spiro atoms. The molecule has 8 heteroatoms. The van der Waals surface area contributed by atoms with Crippen LogP contribution < -0.4 is 10.6 Å². The maximum Gasteiger partial charge on any atom is 0.227 e. The van der Waals surface area contributed by atoms with E-state index in [2.05, 4.69) is 46.5 Å². The zero-order valence-electron chi connectivity index (χ0n) is 14.8. The van der Waals surface area contributed by atoms with E-state index in [9.17, 15) is 4.79 Å². The first-order valence-corrected chi connectivity index (χ1v) is 8.97. The number of anilines is 2. The molecule has 132 valence electrons. The summed E-state index contributed by atoms with van der Waals surface area (Å²) in [6.45, 7) is 8.77. The second-order valence-electron chi connectivity index (χ2n) is 6.90. The summed E-state index contributed by atoms with van der Waals surface area (Å²) < 4.78 is 1.78. The van der Waals surface area contributed by atoms with Crippen molar-refractivity contribution in [2.45, 2.75) is 39.5 Å². The van der Waals surface area contributed by atoms with E-state index in [1.165, 1.54) is 11.3 Å². The third-order valence-corrected chi connectivity index (χ3v) is 4.48. The van der Waals surface area contributed by atoms with Crippen LogP contribution in [0.5, 0.6) is 0 Å². The Morgan fingerprint density at radius 2 is 2.08 bits per heavy atom. The maximum absolute atomic E-state index is 12.0. The first-order valence-electron chi connectivity index (χ1n) is 8.15. The molecule has 0 fully saturated rings. The Kier molecular flexibility index (Phi) is 4.71. The van der Waals surface area contributed by atoms with E-state index < -0.39 is 0 Å². The van der Waals surface area contributed by atoms with Crippen LogP contribution in [0.2, 0.25) is 0 Å². The van der Waals surface area contributed by atoms with Crippen LogP contribution in [0.1, 0.15) is 38.6 Å². The average molecular weight is 358 g/mol. The van der Waals surface area contributed by atoms with Crippen molar-refractivity contribution in [3.63, 3.8) is 0 Å². The van der Waals surface area contributed by atoms with Crippen LogP contribution in [0.3, 0.4) is 0 Å². The molecule has 0 aliphatic heterocycles. The summed E-state index contributed by atoms with van der Waals surface area (Å²) in [5.74, 6) is 0.495. The summed E-state index contributed by atoms with van der Waals surface area (Å²) in [7, 11) is 0. The van der Waals surface area contributed by atoms with E-state index >= 15 is 0 Å². The van der Waals surface area contributed by atoms with Gasteiger partial charge in [-0.05, 0) is 19.1 Å². The van der Waals surface area contributed by atoms with Gasteiger partial charge in [0.05, 0.1) is 11.9 Å². The number of amides is 1. The molecule has 3 heterocycles. The quantitative estimate of drug-likeness (QED) is 0.731. The molecule has 1 amide bonds. The van der Waals surface area contributed by atoms with Gasteiger partial charge in [-0.1, -0.05) is 38.2 Å². The Balaban J connectivity index is 1.52. The second-order valence-corrected chi connectivity index (χ2v) is 7.86. The smallest absolute Gasteiger partial charge is 0.227 e. The van der Waals surface area contributed by atoms with E-state index in [1.807, 2.05) is 25.3 Å². The zero-order valence-corrected chi connectivity index (χ0v) is 15.6. The predicted molar refractivity (Wildman–Crippen MR) is 100 cm³/mol. The third kappa shape index (κ3) is 4.33. The standard InChI is InChI=1S/C17H22N6OS/c1-11-6-5-7-13(19-11)21-14(24)8-9-18-15-22-23-10-12(17(2,3)4)20-16(23)25-15/h5-7,10H,8-9H2,1-4H3,(H,18,22)(H,19,21,24). The van der Waals surface area contributed by atoms with E-state index in [4.69, 9.17) is 0 Å². The molecule has 0 unspecified atom stereocenters. The van der Waals surface area contributed by atoms with Gasteiger partial charge in [0, 0.05) is 24.1 Å². The molecular weight excluding hydrogens is 336 g/mol. The molecule has 3 aromatic rings. The van der Waals surface area contributed by atoms with E-state index in [0.29, 0.717) is 18.8 Å². The van der Waals surface area contributed by atoms with Gasteiger partial charge < -0.3 is 10.6 Å². The lowest BCUT2D eigenvalue weighted by Gasteiger charge is -2.13. The first kappa shape index (κ1) is 17.3. The molecule has 0 aromatic carbocycles. The highest BCUT2D eigenvalue weighted by molar-refractivity contribution is 7.20. The number of nitrogens with one attached hydrogen (secondary N) is 2. The normalized spacial score (nSPS) is 11.7. The van der Waals surface area contributed by atoms with Gasteiger partial charge in [0.2, 0.25) is 16.0 Å². The number of carbonyl (C=O) groups is 1. The molecule has 0 saturated heterocycles. The van der Waals surface area contributed by atoms with Crippen molar-refractivity contribution < 1.29 is 4.79 Å². The molecule has 3 aromatic heterocycles. The molecule has 0 bridgehead atoms. The summed E-state index contributed by atoms with van der Waals surface area (Å²) in [6.07, 6.45) is 2.29. The second kappa shape index (κ2) is 6.79. The van der Waals surface area contributed by atoms with Crippen LogP contribution in [0.25, 0.3) is 4.96 Å². The average Bonchev–Trinajstić information content (AvgIpc) is 3.05. The minimum Gasteiger partial charge on any atom is -0.360 e. The van der Waals surface area contributed by atoms with Crippen molar-refractivity contribution in [2.24, 2.45) is 0 Å². The Morgan fingerprint density at radius 1 is 1.28 bits per heavy atom. The lowest BCUT2D eigenvalue weighted by molar-refractivity contribution is -0.116. The van der Waals surface area contributed by atoms with Gasteiger partial charge in [-0.3, -0.25) is 4.79 Å². The van der Waals surface area contributed by atoms with Crippen molar-refractivity contribution in [3.05, 3.63) is 35.8 Å². The number of carbonyl (C=O) groups excluding carboxylic acids is 1. The van der Waals surface area contributed by atoms with Gasteiger partial charge in [0.15, 0.2) is 0 Å². The number of rotatable bonds is 5. The van der Waals surface area contributed by atoms with Crippen LogP contribution in [0.4, 0.5) is 10.9 Å². The molecule has 3 rings (SSSR count). The fourth-order valence-electron chi connectivity index (χ4n) is 2.23. The van der Waals surface area contributed by atoms with Crippen molar-refractivity contribution >= 4 is 33.2 Å². The van der Waals surface area contributed by atoms with Crippen LogP contribution >= 0.6 is 11.3 Å². The SMILES string of the molecule is Cc1cccc(NC(=O)CCNc2nn3cc(C(C)(C)C)nc3s2)n1. The number of aromatic nitrogens is 4. The molecule has 2 N–H and O–H groups in total. The van der Waals surface area contributed by atoms with Crippen LogP contribution in [-0.2, 0) is 10.2 Å². The molecule has 0 aliphatic rings. The molecule has 0 atom stereocenters. The predicted octanol–water partition coefficient (Wildman–Crippen LogP) is 3.23. The number of imidazole rings is 1. The van der Waals surface area contributed by atoms with E-state index in [-0.39, 0.29) is 11.3 Å². The Hall–Kier alpha value is -2.48. The minimum absolute atomic E-state index is 0.00291. The Morgan fingerprint density at radius 3 is 2.76 bits per heavy atom. The van der Waals surface area contributed by atoms with Gasteiger partial charge in [0.1, 0.15) is 5.82 Å². The number of aryl methyl sites for hydroxylation is 1. The molecule has 25 heavy (non-hydrogen) atoms. The maximum atomic E-state index is 12.0.